The summed E-state index contributed by atoms with van der Waals surface area (Å²) in [7, 11) is 0. The topological polar surface area (TPSA) is 99.5 Å². The van der Waals surface area contributed by atoms with Crippen LogP contribution in [0, 0.1) is 11.8 Å². The molecule has 0 fully saturated rings. The number of rotatable bonds is 49. The molecule has 0 aromatic carbocycles. The van der Waals surface area contributed by atoms with Crippen molar-refractivity contribution in [2.75, 3.05) is 65.7 Å². The van der Waals surface area contributed by atoms with Crippen LogP contribution in [0.3, 0.4) is 0 Å². The Hall–Kier alpha value is -1.22. The van der Waals surface area contributed by atoms with E-state index in [1.807, 2.05) is 0 Å². The van der Waals surface area contributed by atoms with Gasteiger partial charge in [-0.05, 0) is 90.4 Å². The number of carbonyl (C=O) groups is 2. The number of aliphatic hydroxyl groups is 2. The number of unbranched alkanes of at least 4 members (excludes halogenated alkanes) is 23. The Morgan fingerprint density at radius 1 is 0.350 bits per heavy atom. The van der Waals surface area contributed by atoms with Crippen molar-refractivity contribution in [2.45, 2.75) is 246 Å². The maximum Gasteiger partial charge on any atom is 0.308 e. The molecule has 0 aliphatic rings. The predicted molar refractivity (Wildman–Crippen MR) is 256 cm³/mol. The molecule has 0 rings (SSSR count). The van der Waals surface area contributed by atoms with Gasteiger partial charge in [-0.1, -0.05) is 182 Å². The van der Waals surface area contributed by atoms with Crippen LogP contribution in [0.4, 0.5) is 0 Å². The third kappa shape index (κ3) is 38.5. The fourth-order valence-corrected chi connectivity index (χ4v) is 8.53. The molecule has 8 nitrogen and oxygen atoms in total. The van der Waals surface area contributed by atoms with E-state index in [-0.39, 0.29) is 37.0 Å². The standard InChI is InChI=1S/C52H104N2O6/c1-5-9-13-17-19-27-37-49(35-25-15-11-7-3)51(57)59-47-33-23-21-29-39-53(43-45-55)41-31-32-42-54(44-46-56)40-30-22-24-34-48-60-52(58)50(36-26-16-12-8-4)38-28-20-18-14-10-6-2/h49-50,55-56H,5-48H2,1-4H3. The van der Waals surface area contributed by atoms with Crippen LogP contribution < -0.4 is 0 Å². The minimum absolute atomic E-state index is 0.0386. The highest BCUT2D eigenvalue weighted by molar-refractivity contribution is 5.72. The highest BCUT2D eigenvalue weighted by atomic mass is 16.5. The smallest absolute Gasteiger partial charge is 0.308 e. The molecule has 0 aliphatic carbocycles. The summed E-state index contributed by atoms with van der Waals surface area (Å²) < 4.78 is 11.6. The molecule has 0 bridgehead atoms. The molecule has 0 aliphatic heterocycles. The maximum absolute atomic E-state index is 13.0. The lowest BCUT2D eigenvalue weighted by atomic mass is 9.94. The molecule has 2 N–H and O–H groups in total. The summed E-state index contributed by atoms with van der Waals surface area (Å²) in [6, 6.07) is 0. The molecule has 60 heavy (non-hydrogen) atoms. The molecular formula is C52H104N2O6. The maximum atomic E-state index is 13.0. The van der Waals surface area contributed by atoms with Crippen molar-refractivity contribution >= 4 is 11.9 Å². The van der Waals surface area contributed by atoms with E-state index >= 15 is 0 Å². The lowest BCUT2D eigenvalue weighted by Gasteiger charge is -2.24. The van der Waals surface area contributed by atoms with E-state index in [4.69, 9.17) is 9.47 Å². The first-order valence-electron chi connectivity index (χ1n) is 26.5. The first-order chi connectivity index (χ1) is 29.5. The summed E-state index contributed by atoms with van der Waals surface area (Å²) in [5.41, 5.74) is 0. The van der Waals surface area contributed by atoms with E-state index in [1.165, 1.54) is 103 Å². The lowest BCUT2D eigenvalue weighted by molar-refractivity contribution is -0.150. The van der Waals surface area contributed by atoms with Gasteiger partial charge in [0.2, 0.25) is 0 Å². The Bertz CT molecular complexity index is 821. The Labute approximate surface area is 373 Å². The van der Waals surface area contributed by atoms with Crippen LogP contribution in [0.25, 0.3) is 0 Å². The van der Waals surface area contributed by atoms with E-state index < -0.39 is 0 Å². The summed E-state index contributed by atoms with van der Waals surface area (Å²) in [5.74, 6) is 0.230. The Morgan fingerprint density at radius 3 is 0.917 bits per heavy atom. The SMILES string of the molecule is CCCCCCCCC(CCCCCC)C(=O)OCCCCCCN(CCO)CCCCN(CCO)CCCCCCOC(=O)C(CCCCCC)CCCCCCCC. The van der Waals surface area contributed by atoms with Crippen LogP contribution in [0.1, 0.15) is 246 Å². The molecule has 0 spiro atoms. The fraction of sp³-hybridized carbons (Fsp3) is 0.962. The Balaban J connectivity index is 4.29. The van der Waals surface area contributed by atoms with Crippen LogP contribution >= 0.6 is 0 Å². The summed E-state index contributed by atoms with van der Waals surface area (Å²) in [6.45, 7) is 15.8. The van der Waals surface area contributed by atoms with Gasteiger partial charge < -0.3 is 29.5 Å². The Kier molecular flexibility index (Phi) is 46.3. The van der Waals surface area contributed by atoms with Crippen molar-refractivity contribution in [3.05, 3.63) is 0 Å². The average Bonchev–Trinajstić information content (AvgIpc) is 3.25. The van der Waals surface area contributed by atoms with Crippen molar-refractivity contribution in [2.24, 2.45) is 11.8 Å². The molecule has 0 radical (unpaired) electrons. The number of esters is 2. The number of carbonyl (C=O) groups excluding carboxylic acids is 2. The molecule has 2 unspecified atom stereocenters. The van der Waals surface area contributed by atoms with Gasteiger partial charge >= 0.3 is 11.9 Å². The van der Waals surface area contributed by atoms with E-state index in [1.54, 1.807) is 0 Å². The first-order valence-corrected chi connectivity index (χ1v) is 26.5. The summed E-state index contributed by atoms with van der Waals surface area (Å²) in [6.07, 6.45) is 39.3. The third-order valence-corrected chi connectivity index (χ3v) is 12.5. The predicted octanol–water partition coefficient (Wildman–Crippen LogP) is 13.2. The second-order valence-corrected chi connectivity index (χ2v) is 18.2. The Morgan fingerprint density at radius 2 is 0.600 bits per heavy atom. The van der Waals surface area contributed by atoms with Gasteiger partial charge in [-0.25, -0.2) is 0 Å². The van der Waals surface area contributed by atoms with Gasteiger partial charge in [0.25, 0.3) is 0 Å². The zero-order valence-electron chi connectivity index (χ0n) is 40.7. The summed E-state index contributed by atoms with van der Waals surface area (Å²) in [4.78, 5) is 30.7. The molecule has 0 aromatic rings. The van der Waals surface area contributed by atoms with Crippen molar-refractivity contribution < 1.29 is 29.3 Å². The molecule has 2 atom stereocenters. The van der Waals surface area contributed by atoms with Crippen molar-refractivity contribution in [1.82, 2.24) is 9.80 Å². The molecular weight excluding hydrogens is 749 g/mol. The van der Waals surface area contributed by atoms with E-state index in [2.05, 4.69) is 37.5 Å². The van der Waals surface area contributed by atoms with Gasteiger partial charge in [-0.2, -0.15) is 0 Å². The zero-order valence-corrected chi connectivity index (χ0v) is 40.7. The molecule has 0 amide bonds. The summed E-state index contributed by atoms with van der Waals surface area (Å²) in [5, 5.41) is 19.4. The van der Waals surface area contributed by atoms with Gasteiger partial charge in [0.1, 0.15) is 0 Å². The highest BCUT2D eigenvalue weighted by Crippen LogP contribution is 2.22. The van der Waals surface area contributed by atoms with Crippen molar-refractivity contribution in [1.29, 1.82) is 0 Å². The van der Waals surface area contributed by atoms with Gasteiger partial charge in [-0.3, -0.25) is 9.59 Å². The largest absolute Gasteiger partial charge is 0.465 e. The van der Waals surface area contributed by atoms with Crippen LogP contribution in [-0.4, -0.2) is 97.6 Å². The monoisotopic (exact) mass is 853 g/mol. The molecule has 0 aromatic heterocycles. The summed E-state index contributed by atoms with van der Waals surface area (Å²) >= 11 is 0. The van der Waals surface area contributed by atoms with Crippen molar-refractivity contribution in [3.8, 4) is 0 Å². The van der Waals surface area contributed by atoms with Gasteiger partial charge in [0.05, 0.1) is 38.3 Å². The normalized spacial score (nSPS) is 12.7. The van der Waals surface area contributed by atoms with Gasteiger partial charge in [0.15, 0.2) is 0 Å². The quantitative estimate of drug-likeness (QED) is 0.0461. The average molecular weight is 853 g/mol. The third-order valence-electron chi connectivity index (χ3n) is 12.5. The number of hydrogen-bond donors (Lipinski definition) is 2. The fourth-order valence-electron chi connectivity index (χ4n) is 8.53. The van der Waals surface area contributed by atoms with Crippen LogP contribution in [0.15, 0.2) is 0 Å². The molecule has 8 heteroatoms. The number of aliphatic hydroxyl groups excluding tert-OH is 2. The zero-order chi connectivity index (χ0) is 44.0. The lowest BCUT2D eigenvalue weighted by Crippen LogP contribution is -2.31. The van der Waals surface area contributed by atoms with Crippen LogP contribution in [0.5, 0.6) is 0 Å². The molecule has 358 valence electrons. The minimum atomic E-state index is 0.0386. The second kappa shape index (κ2) is 47.3. The number of nitrogens with zero attached hydrogens (tertiary/aromatic N) is 2. The van der Waals surface area contributed by atoms with Crippen LogP contribution in [-0.2, 0) is 19.1 Å². The van der Waals surface area contributed by atoms with Crippen molar-refractivity contribution in [3.63, 3.8) is 0 Å². The molecule has 0 saturated carbocycles. The van der Waals surface area contributed by atoms with E-state index in [9.17, 15) is 19.8 Å². The first kappa shape index (κ1) is 58.8. The van der Waals surface area contributed by atoms with E-state index in [0.717, 1.165) is 142 Å². The van der Waals surface area contributed by atoms with E-state index in [0.29, 0.717) is 26.3 Å². The highest BCUT2D eigenvalue weighted by Gasteiger charge is 2.20. The number of hydrogen-bond acceptors (Lipinski definition) is 8. The number of ether oxygens (including phenoxy) is 2. The van der Waals surface area contributed by atoms with Gasteiger partial charge in [-0.15, -0.1) is 0 Å². The minimum Gasteiger partial charge on any atom is -0.465 e. The van der Waals surface area contributed by atoms with Gasteiger partial charge in [0, 0.05) is 13.1 Å². The molecule has 0 heterocycles. The molecule has 0 saturated heterocycles. The second-order valence-electron chi connectivity index (χ2n) is 18.2. The van der Waals surface area contributed by atoms with Crippen LogP contribution in [0.2, 0.25) is 0 Å².